The molecule has 1 fully saturated rings. The SMILES string of the molecule is O=C(O)CN1CCN(CC(=O)O)CCN(c2ccccc2O)CCN(CC(=O)O)CC1. The monoisotopic (exact) mass is 438 g/mol. The van der Waals surface area contributed by atoms with Crippen LogP contribution in [0.2, 0.25) is 0 Å². The molecule has 0 aliphatic carbocycles. The van der Waals surface area contributed by atoms with E-state index < -0.39 is 17.9 Å². The molecule has 31 heavy (non-hydrogen) atoms. The summed E-state index contributed by atoms with van der Waals surface area (Å²) in [5, 5.41) is 37.9. The van der Waals surface area contributed by atoms with Crippen LogP contribution in [0.3, 0.4) is 0 Å². The average Bonchev–Trinajstić information content (AvgIpc) is 2.67. The van der Waals surface area contributed by atoms with Crippen LogP contribution in [-0.2, 0) is 14.4 Å². The first-order chi connectivity index (χ1) is 14.7. The number of aromatic hydroxyl groups is 1. The van der Waals surface area contributed by atoms with Gasteiger partial charge in [0.05, 0.1) is 25.3 Å². The Balaban J connectivity index is 2.23. The van der Waals surface area contributed by atoms with Gasteiger partial charge in [-0.2, -0.15) is 0 Å². The first-order valence-electron chi connectivity index (χ1n) is 10.1. The van der Waals surface area contributed by atoms with Crippen molar-refractivity contribution >= 4 is 23.6 Å². The van der Waals surface area contributed by atoms with Crippen LogP contribution in [0.15, 0.2) is 24.3 Å². The maximum Gasteiger partial charge on any atom is 0.317 e. The summed E-state index contributed by atoms with van der Waals surface area (Å²) in [5.74, 6) is -2.85. The fourth-order valence-electron chi connectivity index (χ4n) is 3.56. The number of carboxylic acid groups (broad SMARTS) is 3. The first-order valence-corrected chi connectivity index (χ1v) is 10.1. The highest BCUT2D eigenvalue weighted by Crippen LogP contribution is 2.26. The number of carboxylic acids is 3. The molecule has 172 valence electrons. The Morgan fingerprint density at radius 2 is 1.00 bits per heavy atom. The number of para-hydroxylation sites is 2. The third kappa shape index (κ3) is 8.79. The molecule has 0 unspecified atom stereocenters. The molecular formula is C20H30N4O7. The van der Waals surface area contributed by atoms with Crippen molar-refractivity contribution in [2.45, 2.75) is 0 Å². The molecule has 11 heteroatoms. The molecule has 0 radical (unpaired) electrons. The largest absolute Gasteiger partial charge is 0.506 e. The Hall–Kier alpha value is -2.89. The second kappa shape index (κ2) is 12.1. The van der Waals surface area contributed by atoms with Crippen molar-refractivity contribution in [2.75, 3.05) is 76.9 Å². The Kier molecular flexibility index (Phi) is 9.50. The smallest absolute Gasteiger partial charge is 0.317 e. The number of benzene rings is 1. The van der Waals surface area contributed by atoms with Crippen molar-refractivity contribution in [2.24, 2.45) is 0 Å². The van der Waals surface area contributed by atoms with Gasteiger partial charge in [0.15, 0.2) is 0 Å². The summed E-state index contributed by atoms with van der Waals surface area (Å²) in [4.78, 5) is 40.9. The van der Waals surface area contributed by atoms with Crippen LogP contribution in [0.5, 0.6) is 5.75 Å². The standard InChI is InChI=1S/C20H30N4O7/c25-17-4-2-1-3-16(17)24-11-9-22(14-19(28)29)7-5-21(13-18(26)27)6-8-23(10-12-24)15-20(30)31/h1-4,25H,5-15H2,(H,26,27)(H,28,29)(H,30,31). The topological polar surface area (TPSA) is 145 Å². The minimum absolute atomic E-state index is 0.0943. The number of anilines is 1. The molecule has 1 aromatic rings. The predicted octanol–water partition coefficient (Wildman–Crippen LogP) is -0.628. The van der Waals surface area contributed by atoms with Gasteiger partial charge in [-0.15, -0.1) is 0 Å². The molecular weight excluding hydrogens is 408 g/mol. The van der Waals surface area contributed by atoms with Crippen LogP contribution in [0.4, 0.5) is 5.69 Å². The van der Waals surface area contributed by atoms with Gasteiger partial charge in [-0.25, -0.2) is 0 Å². The maximum atomic E-state index is 11.3. The third-order valence-corrected chi connectivity index (χ3v) is 5.14. The lowest BCUT2D eigenvalue weighted by atomic mass is 10.2. The van der Waals surface area contributed by atoms with Gasteiger partial charge in [-0.3, -0.25) is 29.1 Å². The van der Waals surface area contributed by atoms with Crippen molar-refractivity contribution in [3.8, 4) is 5.75 Å². The molecule has 0 saturated carbocycles. The molecule has 4 N–H and O–H groups in total. The first kappa shape index (κ1) is 24.4. The minimum Gasteiger partial charge on any atom is -0.506 e. The number of hydrogen-bond donors (Lipinski definition) is 4. The van der Waals surface area contributed by atoms with E-state index in [1.807, 2.05) is 4.90 Å². The summed E-state index contributed by atoms with van der Waals surface area (Å²) in [6.45, 7) is 2.46. The molecule has 0 amide bonds. The summed E-state index contributed by atoms with van der Waals surface area (Å²) in [7, 11) is 0. The highest BCUT2D eigenvalue weighted by atomic mass is 16.4. The van der Waals surface area contributed by atoms with E-state index in [1.165, 1.54) is 0 Å². The zero-order valence-corrected chi connectivity index (χ0v) is 17.4. The van der Waals surface area contributed by atoms with Crippen molar-refractivity contribution < 1.29 is 34.8 Å². The van der Waals surface area contributed by atoms with Crippen molar-refractivity contribution in [3.05, 3.63) is 24.3 Å². The van der Waals surface area contributed by atoms with Gasteiger partial charge in [-0.05, 0) is 12.1 Å². The highest BCUT2D eigenvalue weighted by Gasteiger charge is 2.21. The van der Waals surface area contributed by atoms with Gasteiger partial charge in [0.2, 0.25) is 0 Å². The molecule has 11 nitrogen and oxygen atoms in total. The highest BCUT2D eigenvalue weighted by molar-refractivity contribution is 5.70. The van der Waals surface area contributed by atoms with E-state index in [-0.39, 0.29) is 25.4 Å². The lowest BCUT2D eigenvalue weighted by Crippen LogP contribution is -2.48. The second-order valence-electron chi connectivity index (χ2n) is 7.49. The Morgan fingerprint density at radius 1 is 0.645 bits per heavy atom. The van der Waals surface area contributed by atoms with E-state index in [2.05, 4.69) is 0 Å². The number of carbonyl (C=O) groups is 3. The number of phenolic OH excluding ortho intramolecular Hbond substituents is 1. The zero-order chi connectivity index (χ0) is 22.8. The quantitative estimate of drug-likeness (QED) is 0.432. The van der Waals surface area contributed by atoms with Gasteiger partial charge in [-0.1, -0.05) is 12.1 Å². The van der Waals surface area contributed by atoms with E-state index in [0.717, 1.165) is 0 Å². The molecule has 0 spiro atoms. The van der Waals surface area contributed by atoms with Gasteiger partial charge in [0, 0.05) is 52.4 Å². The normalized spacial score (nSPS) is 18.1. The maximum absolute atomic E-state index is 11.3. The lowest BCUT2D eigenvalue weighted by Gasteiger charge is -2.34. The molecule has 1 aliphatic rings. The molecule has 1 aromatic carbocycles. The van der Waals surface area contributed by atoms with Crippen LogP contribution in [0.1, 0.15) is 0 Å². The van der Waals surface area contributed by atoms with E-state index in [9.17, 15) is 34.8 Å². The number of rotatable bonds is 7. The summed E-state index contributed by atoms with van der Waals surface area (Å²) in [6, 6.07) is 6.83. The van der Waals surface area contributed by atoms with Gasteiger partial charge >= 0.3 is 17.9 Å². The van der Waals surface area contributed by atoms with Crippen LogP contribution in [0, 0.1) is 0 Å². The van der Waals surface area contributed by atoms with E-state index >= 15 is 0 Å². The van der Waals surface area contributed by atoms with Crippen molar-refractivity contribution in [1.29, 1.82) is 0 Å². The van der Waals surface area contributed by atoms with E-state index in [1.54, 1.807) is 39.0 Å². The van der Waals surface area contributed by atoms with Gasteiger partial charge in [0.1, 0.15) is 5.75 Å². The third-order valence-electron chi connectivity index (χ3n) is 5.14. The molecule has 1 saturated heterocycles. The number of nitrogens with zero attached hydrogens (tertiary/aromatic N) is 4. The zero-order valence-electron chi connectivity index (χ0n) is 17.4. The average molecular weight is 438 g/mol. The summed E-state index contributed by atoms with van der Waals surface area (Å²) in [5.41, 5.74) is 0.595. The van der Waals surface area contributed by atoms with Crippen LogP contribution in [0.25, 0.3) is 0 Å². The lowest BCUT2D eigenvalue weighted by molar-refractivity contribution is -0.140. The molecule has 1 aliphatic heterocycles. The van der Waals surface area contributed by atoms with Gasteiger partial charge in [0.25, 0.3) is 0 Å². The fourth-order valence-corrected chi connectivity index (χ4v) is 3.56. The Morgan fingerprint density at radius 3 is 1.35 bits per heavy atom. The van der Waals surface area contributed by atoms with Crippen LogP contribution < -0.4 is 4.90 Å². The second-order valence-corrected chi connectivity index (χ2v) is 7.49. The number of aliphatic carboxylic acids is 3. The molecule has 0 aromatic heterocycles. The van der Waals surface area contributed by atoms with E-state index in [4.69, 9.17) is 0 Å². The number of hydrogen-bond acceptors (Lipinski definition) is 8. The minimum atomic E-state index is -0.993. The summed E-state index contributed by atoms with van der Waals surface area (Å²) in [6.07, 6.45) is 0. The summed E-state index contributed by atoms with van der Waals surface area (Å²) >= 11 is 0. The van der Waals surface area contributed by atoms with Crippen molar-refractivity contribution in [1.82, 2.24) is 14.7 Å². The predicted molar refractivity (Wildman–Crippen MR) is 113 cm³/mol. The fraction of sp³-hybridized carbons (Fsp3) is 0.550. The van der Waals surface area contributed by atoms with Crippen LogP contribution in [-0.4, -0.2) is 125 Å². The Labute approximate surface area is 180 Å². The summed E-state index contributed by atoms with van der Waals surface area (Å²) < 4.78 is 0. The van der Waals surface area contributed by atoms with E-state index in [0.29, 0.717) is 58.0 Å². The van der Waals surface area contributed by atoms with Crippen LogP contribution >= 0.6 is 0 Å². The molecule has 1 heterocycles. The number of phenols is 1. The Bertz CT molecular complexity index is 729. The molecule has 0 bridgehead atoms. The van der Waals surface area contributed by atoms with Gasteiger partial charge < -0.3 is 25.3 Å². The molecule has 0 atom stereocenters. The molecule has 2 rings (SSSR count). The van der Waals surface area contributed by atoms with Crippen molar-refractivity contribution in [3.63, 3.8) is 0 Å².